The van der Waals surface area contributed by atoms with Crippen LogP contribution in [-0.4, -0.2) is 38.3 Å². The van der Waals surface area contributed by atoms with Gasteiger partial charge in [-0.05, 0) is 18.6 Å². The van der Waals surface area contributed by atoms with Gasteiger partial charge < -0.3 is 5.73 Å². The maximum atomic E-state index is 12.1. The van der Waals surface area contributed by atoms with Crippen molar-refractivity contribution in [2.24, 2.45) is 0 Å². The molecular weight excluding hydrogens is 246 g/mol. The van der Waals surface area contributed by atoms with E-state index in [2.05, 4.69) is 9.97 Å². The number of carbonyl (C=O) groups excluding carboxylic acids is 2. The monoisotopic (exact) mass is 259 g/mol. The first-order valence-corrected chi connectivity index (χ1v) is 5.89. The van der Waals surface area contributed by atoms with E-state index in [0.717, 1.165) is 10.5 Å². The van der Waals surface area contributed by atoms with Crippen LogP contribution in [0.2, 0.25) is 0 Å². The van der Waals surface area contributed by atoms with Crippen LogP contribution < -0.4 is 5.73 Å². The minimum atomic E-state index is -0.641. The molecule has 19 heavy (non-hydrogen) atoms. The Kier molecular flexibility index (Phi) is 2.31. The predicted molar refractivity (Wildman–Crippen MR) is 68.1 cm³/mol. The number of amides is 2. The van der Waals surface area contributed by atoms with Gasteiger partial charge in [0.25, 0.3) is 5.91 Å². The third-order valence-corrected chi connectivity index (χ3v) is 3.36. The summed E-state index contributed by atoms with van der Waals surface area (Å²) in [7, 11) is 1.47. The number of hydrogen-bond acceptors (Lipinski definition) is 5. The zero-order valence-electron chi connectivity index (χ0n) is 10.6. The average molecular weight is 259 g/mol. The van der Waals surface area contributed by atoms with E-state index in [4.69, 9.17) is 5.73 Å². The number of aromatic nitrogens is 3. The van der Waals surface area contributed by atoms with Crippen LogP contribution in [0.15, 0.2) is 12.3 Å². The number of likely N-dealkylation sites (N-methyl/N-ethyl adjacent to an activating group) is 1. The zero-order chi connectivity index (χ0) is 13.7. The fourth-order valence-corrected chi connectivity index (χ4v) is 2.35. The van der Waals surface area contributed by atoms with Crippen LogP contribution in [0.3, 0.4) is 0 Å². The topological polar surface area (TPSA) is 94.1 Å². The molecule has 2 aromatic heterocycles. The second-order valence-corrected chi connectivity index (χ2v) is 4.71. The normalized spacial score (nSPS) is 19.7. The first-order valence-electron chi connectivity index (χ1n) is 5.89. The summed E-state index contributed by atoms with van der Waals surface area (Å²) in [6, 6.07) is 1.21. The smallest absolute Gasteiger partial charge is 0.252 e. The number of imide groups is 1. The Morgan fingerprint density at radius 2 is 2.16 bits per heavy atom. The molecule has 1 unspecified atom stereocenters. The molecule has 1 fully saturated rings. The average Bonchev–Trinajstić information content (AvgIpc) is 2.80. The molecule has 0 aromatic carbocycles. The van der Waals surface area contributed by atoms with Gasteiger partial charge in [0.15, 0.2) is 5.65 Å². The summed E-state index contributed by atoms with van der Waals surface area (Å²) in [4.78, 5) is 33.2. The SMILES string of the molecule is Cc1cnc2c(c1)nc(N)n2C1CC(=O)N(C)C1=O. The van der Waals surface area contributed by atoms with Gasteiger partial charge in [-0.15, -0.1) is 0 Å². The molecular formula is C12H13N5O2. The maximum absolute atomic E-state index is 12.1. The van der Waals surface area contributed by atoms with Gasteiger partial charge in [0.1, 0.15) is 11.6 Å². The van der Waals surface area contributed by atoms with E-state index in [0.29, 0.717) is 11.2 Å². The molecule has 7 heteroatoms. The lowest BCUT2D eigenvalue weighted by Crippen LogP contribution is -2.27. The van der Waals surface area contributed by atoms with Crippen molar-refractivity contribution >= 4 is 28.9 Å². The number of fused-ring (bicyclic) bond motifs is 1. The molecule has 0 radical (unpaired) electrons. The van der Waals surface area contributed by atoms with E-state index in [1.54, 1.807) is 10.8 Å². The molecule has 2 aromatic rings. The molecule has 0 aliphatic carbocycles. The van der Waals surface area contributed by atoms with Crippen LogP contribution in [0.1, 0.15) is 18.0 Å². The quantitative estimate of drug-likeness (QED) is 0.741. The molecule has 2 N–H and O–H groups in total. The van der Waals surface area contributed by atoms with Gasteiger partial charge in [-0.1, -0.05) is 0 Å². The van der Waals surface area contributed by atoms with Crippen molar-refractivity contribution in [1.82, 2.24) is 19.4 Å². The van der Waals surface area contributed by atoms with Gasteiger partial charge in [0, 0.05) is 13.2 Å². The number of nitrogens with two attached hydrogens (primary N) is 1. The highest BCUT2D eigenvalue weighted by molar-refractivity contribution is 6.05. The number of likely N-dealkylation sites (tertiary alicyclic amines) is 1. The Hall–Kier alpha value is -2.44. The number of rotatable bonds is 1. The minimum Gasteiger partial charge on any atom is -0.369 e. The Balaban J connectivity index is 2.18. The van der Waals surface area contributed by atoms with Crippen molar-refractivity contribution in [1.29, 1.82) is 0 Å². The number of carbonyl (C=O) groups is 2. The standard InChI is InChI=1S/C12H13N5O2/c1-6-3-7-10(14-5-6)17(12(13)15-7)8-4-9(18)16(2)11(8)19/h3,5,8H,4H2,1-2H3,(H2,13,15). The van der Waals surface area contributed by atoms with E-state index in [1.165, 1.54) is 7.05 Å². The number of nitrogen functional groups attached to an aromatic ring is 1. The second kappa shape index (κ2) is 3.78. The summed E-state index contributed by atoms with van der Waals surface area (Å²) in [5.74, 6) is -0.295. The first-order chi connectivity index (χ1) is 8.99. The van der Waals surface area contributed by atoms with E-state index >= 15 is 0 Å². The van der Waals surface area contributed by atoms with Crippen molar-refractivity contribution in [2.45, 2.75) is 19.4 Å². The minimum absolute atomic E-state index is 0.0978. The fourth-order valence-electron chi connectivity index (χ4n) is 2.35. The predicted octanol–water partition coefficient (Wildman–Crippen LogP) is 0.252. The number of pyridine rings is 1. The Labute approximate surface area is 109 Å². The molecule has 0 saturated carbocycles. The Bertz CT molecular complexity index is 705. The molecule has 1 atom stereocenters. The summed E-state index contributed by atoms with van der Waals surface area (Å²) in [5, 5.41) is 0. The van der Waals surface area contributed by atoms with Crippen molar-refractivity contribution in [3.63, 3.8) is 0 Å². The van der Waals surface area contributed by atoms with Crippen LogP contribution in [0.5, 0.6) is 0 Å². The van der Waals surface area contributed by atoms with Gasteiger partial charge in [0.2, 0.25) is 11.9 Å². The van der Waals surface area contributed by atoms with Gasteiger partial charge in [-0.25, -0.2) is 9.97 Å². The third-order valence-electron chi connectivity index (χ3n) is 3.36. The number of anilines is 1. The maximum Gasteiger partial charge on any atom is 0.252 e. The molecule has 1 saturated heterocycles. The van der Waals surface area contributed by atoms with Crippen LogP contribution in [0.25, 0.3) is 11.2 Å². The molecule has 3 rings (SSSR count). The summed E-state index contributed by atoms with van der Waals surface area (Å²) in [5.41, 5.74) is 7.99. The van der Waals surface area contributed by atoms with Crippen LogP contribution in [0, 0.1) is 6.92 Å². The number of hydrogen-bond donors (Lipinski definition) is 1. The molecule has 2 amide bonds. The summed E-state index contributed by atoms with van der Waals surface area (Å²) in [6.45, 7) is 1.90. The van der Waals surface area contributed by atoms with E-state index < -0.39 is 6.04 Å². The molecule has 0 spiro atoms. The van der Waals surface area contributed by atoms with Crippen LogP contribution >= 0.6 is 0 Å². The van der Waals surface area contributed by atoms with Crippen molar-refractivity contribution in [2.75, 3.05) is 12.8 Å². The van der Waals surface area contributed by atoms with E-state index in [-0.39, 0.29) is 24.2 Å². The van der Waals surface area contributed by atoms with Crippen LogP contribution in [-0.2, 0) is 9.59 Å². The molecule has 7 nitrogen and oxygen atoms in total. The molecule has 1 aliphatic heterocycles. The second-order valence-electron chi connectivity index (χ2n) is 4.71. The highest BCUT2D eigenvalue weighted by Gasteiger charge is 2.39. The molecule has 0 bridgehead atoms. The summed E-state index contributed by atoms with van der Waals surface area (Å²) in [6.07, 6.45) is 1.78. The highest BCUT2D eigenvalue weighted by Crippen LogP contribution is 2.29. The van der Waals surface area contributed by atoms with Crippen molar-refractivity contribution in [3.8, 4) is 0 Å². The van der Waals surface area contributed by atoms with Gasteiger partial charge in [0.05, 0.1) is 6.42 Å². The Morgan fingerprint density at radius 3 is 2.79 bits per heavy atom. The molecule has 1 aliphatic rings. The fraction of sp³-hybridized carbons (Fsp3) is 0.333. The Morgan fingerprint density at radius 1 is 1.42 bits per heavy atom. The summed E-state index contributed by atoms with van der Waals surface area (Å²) >= 11 is 0. The number of nitrogens with zero attached hydrogens (tertiary/aromatic N) is 4. The third kappa shape index (κ3) is 1.58. The van der Waals surface area contributed by atoms with Crippen LogP contribution in [0.4, 0.5) is 5.95 Å². The lowest BCUT2D eigenvalue weighted by atomic mass is 10.2. The highest BCUT2D eigenvalue weighted by atomic mass is 16.2. The van der Waals surface area contributed by atoms with E-state index in [9.17, 15) is 9.59 Å². The number of imidazole rings is 1. The van der Waals surface area contributed by atoms with Crippen molar-refractivity contribution in [3.05, 3.63) is 17.8 Å². The summed E-state index contributed by atoms with van der Waals surface area (Å²) < 4.78 is 1.54. The van der Waals surface area contributed by atoms with Gasteiger partial charge >= 0.3 is 0 Å². The van der Waals surface area contributed by atoms with E-state index in [1.807, 2.05) is 13.0 Å². The lowest BCUT2D eigenvalue weighted by Gasteiger charge is -2.12. The molecule has 98 valence electrons. The van der Waals surface area contributed by atoms with Gasteiger partial charge in [-0.2, -0.15) is 0 Å². The lowest BCUT2D eigenvalue weighted by molar-refractivity contribution is -0.137. The largest absolute Gasteiger partial charge is 0.369 e. The van der Waals surface area contributed by atoms with Gasteiger partial charge in [-0.3, -0.25) is 19.1 Å². The number of aryl methyl sites for hydroxylation is 1. The first kappa shape index (κ1) is 11.6. The molecule has 3 heterocycles. The van der Waals surface area contributed by atoms with Crippen molar-refractivity contribution < 1.29 is 9.59 Å². The zero-order valence-corrected chi connectivity index (χ0v) is 10.6.